The summed E-state index contributed by atoms with van der Waals surface area (Å²) in [4.78, 5) is 15.6. The maximum atomic E-state index is 11.2. The summed E-state index contributed by atoms with van der Waals surface area (Å²) in [6.07, 6.45) is 0.189. The Hall–Kier alpha value is -1.92. The highest BCUT2D eigenvalue weighted by atomic mass is 32.1. The van der Waals surface area contributed by atoms with Gasteiger partial charge < -0.3 is 14.8 Å². The van der Waals surface area contributed by atoms with Gasteiger partial charge in [0.1, 0.15) is 0 Å². The lowest BCUT2D eigenvalue weighted by Gasteiger charge is -2.08. The number of methoxy groups -OCH3 is 2. The van der Waals surface area contributed by atoms with Gasteiger partial charge in [0.25, 0.3) is 0 Å². The molecular formula is C14H16N2O3S. The summed E-state index contributed by atoms with van der Waals surface area (Å²) >= 11 is 1.45. The number of esters is 1. The van der Waals surface area contributed by atoms with Gasteiger partial charge in [-0.05, 0) is 6.07 Å². The van der Waals surface area contributed by atoms with Crippen LogP contribution in [0.5, 0.6) is 0 Å². The zero-order valence-corrected chi connectivity index (χ0v) is 12.2. The molecule has 2 rings (SSSR count). The number of carbonyl (C=O) groups excluding carboxylic acids is 1. The molecule has 0 spiro atoms. The lowest BCUT2D eigenvalue weighted by molar-refractivity contribution is -0.139. The summed E-state index contributed by atoms with van der Waals surface area (Å²) in [7, 11) is 3.03. The average molecular weight is 292 g/mol. The van der Waals surface area contributed by atoms with Crippen molar-refractivity contribution in [2.24, 2.45) is 0 Å². The van der Waals surface area contributed by atoms with E-state index in [1.54, 1.807) is 7.11 Å². The molecule has 0 radical (unpaired) electrons. The first-order chi connectivity index (χ1) is 9.72. The zero-order chi connectivity index (χ0) is 14.4. The highest BCUT2D eigenvalue weighted by Gasteiger charge is 2.09. The molecule has 106 valence electrons. The molecule has 2 aromatic rings. The molecule has 0 bridgehead atoms. The smallest absolute Gasteiger partial charge is 0.311 e. The van der Waals surface area contributed by atoms with Crippen molar-refractivity contribution in [2.75, 3.05) is 19.5 Å². The zero-order valence-electron chi connectivity index (χ0n) is 11.4. The molecule has 0 aliphatic carbocycles. The van der Waals surface area contributed by atoms with E-state index in [2.05, 4.69) is 15.0 Å². The number of para-hydroxylation sites is 1. The Kier molecular flexibility index (Phi) is 5.09. The number of hydrogen-bond donors (Lipinski definition) is 1. The van der Waals surface area contributed by atoms with Crippen LogP contribution in [0.4, 0.5) is 10.8 Å². The van der Waals surface area contributed by atoms with Crippen LogP contribution in [0.2, 0.25) is 0 Å². The van der Waals surface area contributed by atoms with Crippen LogP contribution in [-0.2, 0) is 27.3 Å². The minimum atomic E-state index is -0.290. The van der Waals surface area contributed by atoms with E-state index in [1.165, 1.54) is 18.4 Å². The molecule has 5 nitrogen and oxygen atoms in total. The Bertz CT molecular complexity index is 583. The number of carbonyl (C=O) groups is 1. The molecular weight excluding hydrogens is 276 g/mol. The molecule has 0 atom stereocenters. The molecule has 1 aromatic carbocycles. The van der Waals surface area contributed by atoms with Gasteiger partial charge in [-0.2, -0.15) is 0 Å². The van der Waals surface area contributed by atoms with Crippen molar-refractivity contribution < 1.29 is 14.3 Å². The van der Waals surface area contributed by atoms with E-state index in [1.807, 2.05) is 29.6 Å². The molecule has 0 aliphatic heterocycles. The van der Waals surface area contributed by atoms with Crippen molar-refractivity contribution in [3.8, 4) is 0 Å². The molecule has 0 saturated carbocycles. The van der Waals surface area contributed by atoms with Crippen molar-refractivity contribution in [3.63, 3.8) is 0 Å². The highest BCUT2D eigenvalue weighted by molar-refractivity contribution is 7.13. The number of anilines is 2. The van der Waals surface area contributed by atoms with Gasteiger partial charge >= 0.3 is 5.97 Å². The van der Waals surface area contributed by atoms with Crippen molar-refractivity contribution in [1.29, 1.82) is 0 Å². The third-order valence-corrected chi connectivity index (χ3v) is 3.47. The van der Waals surface area contributed by atoms with Crippen LogP contribution in [0.1, 0.15) is 11.3 Å². The Morgan fingerprint density at radius 1 is 1.35 bits per heavy atom. The van der Waals surface area contributed by atoms with Crippen molar-refractivity contribution in [3.05, 3.63) is 40.9 Å². The molecule has 0 saturated heterocycles. The number of nitrogens with zero attached hydrogens (tertiary/aromatic N) is 1. The Morgan fingerprint density at radius 2 is 2.15 bits per heavy atom. The lowest BCUT2D eigenvalue weighted by Crippen LogP contribution is -2.04. The molecule has 0 aliphatic rings. The normalized spacial score (nSPS) is 10.3. The van der Waals surface area contributed by atoms with Crippen molar-refractivity contribution in [1.82, 2.24) is 4.98 Å². The van der Waals surface area contributed by atoms with Crippen LogP contribution < -0.4 is 5.32 Å². The first-order valence-electron chi connectivity index (χ1n) is 6.08. The van der Waals surface area contributed by atoms with E-state index < -0.39 is 0 Å². The van der Waals surface area contributed by atoms with Crippen LogP contribution in [-0.4, -0.2) is 25.2 Å². The van der Waals surface area contributed by atoms with Crippen molar-refractivity contribution in [2.45, 2.75) is 13.0 Å². The van der Waals surface area contributed by atoms with E-state index >= 15 is 0 Å². The van der Waals surface area contributed by atoms with E-state index in [9.17, 15) is 4.79 Å². The molecule has 1 heterocycles. The second-order valence-electron chi connectivity index (χ2n) is 4.11. The second-order valence-corrected chi connectivity index (χ2v) is 4.97. The number of hydrogen-bond acceptors (Lipinski definition) is 6. The van der Waals surface area contributed by atoms with Gasteiger partial charge in [0, 0.05) is 23.7 Å². The van der Waals surface area contributed by atoms with Gasteiger partial charge in [-0.1, -0.05) is 18.2 Å². The number of thiazole rings is 1. The summed E-state index contributed by atoms with van der Waals surface area (Å²) in [5.41, 5.74) is 2.71. The number of nitrogens with one attached hydrogen (secondary N) is 1. The second kappa shape index (κ2) is 7.02. The minimum Gasteiger partial charge on any atom is -0.469 e. The van der Waals surface area contributed by atoms with Gasteiger partial charge in [0.05, 0.1) is 25.8 Å². The Labute approximate surface area is 121 Å². The topological polar surface area (TPSA) is 60.5 Å². The van der Waals surface area contributed by atoms with Gasteiger partial charge in [-0.25, -0.2) is 4.98 Å². The number of benzene rings is 1. The van der Waals surface area contributed by atoms with Gasteiger partial charge in [0.2, 0.25) is 0 Å². The van der Waals surface area contributed by atoms with Gasteiger partial charge in [-0.15, -0.1) is 11.3 Å². The third kappa shape index (κ3) is 3.79. The molecule has 6 heteroatoms. The van der Waals surface area contributed by atoms with E-state index in [4.69, 9.17) is 4.74 Å². The summed E-state index contributed by atoms with van der Waals surface area (Å²) in [6.45, 7) is 0.531. The Morgan fingerprint density at radius 3 is 2.90 bits per heavy atom. The quantitative estimate of drug-likeness (QED) is 0.830. The number of rotatable bonds is 6. The summed E-state index contributed by atoms with van der Waals surface area (Å²) in [6, 6.07) is 7.87. The third-order valence-electron chi connectivity index (χ3n) is 2.66. The highest BCUT2D eigenvalue weighted by Crippen LogP contribution is 2.24. The fraction of sp³-hybridized carbons (Fsp3) is 0.286. The first kappa shape index (κ1) is 14.5. The number of ether oxygens (including phenoxy) is 2. The standard InChI is InChI=1S/C14H16N2O3S/c1-18-8-10-5-3-4-6-12(10)16-14-15-11(9-20-14)7-13(17)19-2/h3-6,9H,7-8H2,1-2H3,(H,15,16). The van der Waals surface area contributed by atoms with Crippen LogP contribution in [0.3, 0.4) is 0 Å². The lowest BCUT2D eigenvalue weighted by atomic mass is 10.2. The molecule has 0 fully saturated rings. The maximum absolute atomic E-state index is 11.2. The summed E-state index contributed by atoms with van der Waals surface area (Å²) in [5.74, 6) is -0.290. The molecule has 1 aromatic heterocycles. The van der Waals surface area contributed by atoms with Crippen LogP contribution in [0, 0.1) is 0 Å². The predicted octanol–water partition coefficient (Wildman–Crippen LogP) is 2.75. The van der Waals surface area contributed by atoms with Gasteiger partial charge in [0.15, 0.2) is 5.13 Å². The molecule has 0 unspecified atom stereocenters. The van der Waals surface area contributed by atoms with Gasteiger partial charge in [-0.3, -0.25) is 4.79 Å². The molecule has 20 heavy (non-hydrogen) atoms. The minimum absolute atomic E-state index is 0.189. The van der Waals surface area contributed by atoms with Crippen LogP contribution >= 0.6 is 11.3 Å². The van der Waals surface area contributed by atoms with Crippen LogP contribution in [0.25, 0.3) is 0 Å². The largest absolute Gasteiger partial charge is 0.469 e. The average Bonchev–Trinajstić information content (AvgIpc) is 2.88. The summed E-state index contributed by atoms with van der Waals surface area (Å²) < 4.78 is 9.78. The van der Waals surface area contributed by atoms with Crippen molar-refractivity contribution >= 4 is 28.1 Å². The number of aromatic nitrogens is 1. The van der Waals surface area contributed by atoms with E-state index in [0.717, 1.165) is 16.4 Å². The monoisotopic (exact) mass is 292 g/mol. The van der Waals surface area contributed by atoms with E-state index in [0.29, 0.717) is 12.3 Å². The molecule has 0 amide bonds. The Balaban J connectivity index is 2.08. The predicted molar refractivity (Wildman–Crippen MR) is 78.3 cm³/mol. The maximum Gasteiger partial charge on any atom is 0.311 e. The summed E-state index contributed by atoms with van der Waals surface area (Å²) in [5, 5.41) is 5.83. The fourth-order valence-corrected chi connectivity index (χ4v) is 2.43. The SMILES string of the molecule is COCc1ccccc1Nc1nc(CC(=O)OC)cs1. The fourth-order valence-electron chi connectivity index (χ4n) is 1.70. The first-order valence-corrected chi connectivity index (χ1v) is 6.96. The molecule has 1 N–H and O–H groups in total. The van der Waals surface area contributed by atoms with E-state index in [-0.39, 0.29) is 12.4 Å². The van der Waals surface area contributed by atoms with Crippen LogP contribution in [0.15, 0.2) is 29.6 Å².